The first-order chi connectivity index (χ1) is 11.5. The SMILES string of the molecule is Cc1ccc(S(=O)(=O)OCCOc2ccc3c(c2)COC3=O)cc1. The number of aryl methyl sites for hydroxylation is 1. The van der Waals surface area contributed by atoms with Crippen LogP contribution in [0, 0.1) is 6.92 Å². The van der Waals surface area contributed by atoms with E-state index in [4.69, 9.17) is 13.7 Å². The smallest absolute Gasteiger partial charge is 0.338 e. The number of hydrogen-bond donors (Lipinski definition) is 0. The van der Waals surface area contributed by atoms with E-state index in [1.165, 1.54) is 12.1 Å². The second-order valence-electron chi connectivity index (χ2n) is 5.33. The van der Waals surface area contributed by atoms with Gasteiger partial charge in [0, 0.05) is 5.56 Å². The van der Waals surface area contributed by atoms with Crippen molar-refractivity contribution in [1.82, 2.24) is 0 Å². The zero-order chi connectivity index (χ0) is 17.2. The van der Waals surface area contributed by atoms with Crippen LogP contribution < -0.4 is 4.74 Å². The maximum Gasteiger partial charge on any atom is 0.338 e. The maximum absolute atomic E-state index is 12.0. The van der Waals surface area contributed by atoms with E-state index in [0.29, 0.717) is 11.3 Å². The minimum Gasteiger partial charge on any atom is -0.491 e. The molecule has 1 heterocycles. The number of hydrogen-bond acceptors (Lipinski definition) is 6. The van der Waals surface area contributed by atoms with Crippen molar-refractivity contribution in [1.29, 1.82) is 0 Å². The van der Waals surface area contributed by atoms with E-state index in [0.717, 1.165) is 11.1 Å². The summed E-state index contributed by atoms with van der Waals surface area (Å²) in [7, 11) is -3.79. The van der Waals surface area contributed by atoms with E-state index >= 15 is 0 Å². The van der Waals surface area contributed by atoms with Crippen molar-refractivity contribution in [3.8, 4) is 5.75 Å². The molecule has 1 aliphatic rings. The molecular weight excluding hydrogens is 332 g/mol. The van der Waals surface area contributed by atoms with Crippen LogP contribution in [0.25, 0.3) is 0 Å². The van der Waals surface area contributed by atoms with Crippen molar-refractivity contribution >= 4 is 16.1 Å². The lowest BCUT2D eigenvalue weighted by molar-refractivity contribution is 0.0535. The van der Waals surface area contributed by atoms with Crippen LogP contribution in [0.4, 0.5) is 0 Å². The number of cyclic esters (lactones) is 1. The van der Waals surface area contributed by atoms with Crippen LogP contribution >= 0.6 is 0 Å². The van der Waals surface area contributed by atoms with Gasteiger partial charge in [0.2, 0.25) is 0 Å². The standard InChI is InChI=1S/C17H16O6S/c1-12-2-5-15(6-3-12)24(19,20)23-9-8-21-14-4-7-16-13(10-14)11-22-17(16)18/h2-7,10H,8-9,11H2,1H3. The number of fused-ring (bicyclic) bond motifs is 1. The quantitative estimate of drug-likeness (QED) is 0.453. The van der Waals surface area contributed by atoms with Gasteiger partial charge in [-0.1, -0.05) is 17.7 Å². The van der Waals surface area contributed by atoms with Gasteiger partial charge in [0.25, 0.3) is 10.1 Å². The van der Waals surface area contributed by atoms with Crippen molar-refractivity contribution < 1.29 is 26.9 Å². The predicted molar refractivity (Wildman–Crippen MR) is 85.4 cm³/mol. The predicted octanol–water partition coefficient (Wildman–Crippen LogP) is 2.45. The molecule has 0 aromatic heterocycles. The van der Waals surface area contributed by atoms with Crippen LogP contribution in [-0.4, -0.2) is 27.6 Å². The number of carbonyl (C=O) groups excluding carboxylic acids is 1. The fourth-order valence-corrected chi connectivity index (χ4v) is 3.17. The highest BCUT2D eigenvalue weighted by molar-refractivity contribution is 7.86. The van der Waals surface area contributed by atoms with Gasteiger partial charge in [-0.15, -0.1) is 0 Å². The van der Waals surface area contributed by atoms with Crippen molar-refractivity contribution in [2.24, 2.45) is 0 Å². The lowest BCUT2D eigenvalue weighted by atomic mass is 10.1. The van der Waals surface area contributed by atoms with Gasteiger partial charge in [-0.05, 0) is 37.3 Å². The zero-order valence-electron chi connectivity index (χ0n) is 13.0. The van der Waals surface area contributed by atoms with E-state index in [9.17, 15) is 13.2 Å². The molecule has 0 unspecified atom stereocenters. The second-order valence-corrected chi connectivity index (χ2v) is 6.95. The van der Waals surface area contributed by atoms with Gasteiger partial charge in [0.1, 0.15) is 25.6 Å². The highest BCUT2D eigenvalue weighted by Gasteiger charge is 2.21. The number of esters is 1. The molecule has 126 valence electrons. The van der Waals surface area contributed by atoms with Crippen LogP contribution in [0.5, 0.6) is 5.75 Å². The fraction of sp³-hybridized carbons (Fsp3) is 0.235. The first-order valence-corrected chi connectivity index (χ1v) is 8.75. The summed E-state index contributed by atoms with van der Waals surface area (Å²) < 4.78 is 39.3. The Balaban J connectivity index is 1.54. The third-order valence-corrected chi connectivity index (χ3v) is 4.88. The minimum atomic E-state index is -3.79. The molecule has 0 aliphatic carbocycles. The number of rotatable bonds is 6. The molecule has 0 bridgehead atoms. The largest absolute Gasteiger partial charge is 0.491 e. The maximum atomic E-state index is 12.0. The van der Waals surface area contributed by atoms with Crippen LogP contribution in [0.15, 0.2) is 47.4 Å². The van der Waals surface area contributed by atoms with Crippen molar-refractivity contribution in [2.75, 3.05) is 13.2 Å². The molecule has 3 rings (SSSR count). The molecule has 0 fully saturated rings. The summed E-state index contributed by atoms with van der Waals surface area (Å²) in [6, 6.07) is 11.4. The fourth-order valence-electron chi connectivity index (χ4n) is 2.28. The molecule has 0 amide bonds. The molecular formula is C17H16O6S. The summed E-state index contributed by atoms with van der Waals surface area (Å²) in [5, 5.41) is 0. The van der Waals surface area contributed by atoms with Crippen molar-refractivity contribution in [2.45, 2.75) is 18.4 Å². The highest BCUT2D eigenvalue weighted by atomic mass is 32.2. The molecule has 0 atom stereocenters. The molecule has 0 spiro atoms. The molecule has 0 N–H and O–H groups in total. The molecule has 1 aliphatic heterocycles. The normalized spacial score (nSPS) is 13.5. The van der Waals surface area contributed by atoms with Crippen LogP contribution in [0.2, 0.25) is 0 Å². The molecule has 2 aromatic carbocycles. The van der Waals surface area contributed by atoms with Gasteiger partial charge in [-0.2, -0.15) is 8.42 Å². The summed E-state index contributed by atoms with van der Waals surface area (Å²) in [5.74, 6) is 0.187. The molecule has 6 nitrogen and oxygen atoms in total. The van der Waals surface area contributed by atoms with Gasteiger partial charge in [0.15, 0.2) is 0 Å². The average molecular weight is 348 g/mol. The molecule has 2 aromatic rings. The lowest BCUT2D eigenvalue weighted by Crippen LogP contribution is -2.13. The summed E-state index contributed by atoms with van der Waals surface area (Å²) in [6.45, 7) is 2.06. The average Bonchev–Trinajstić information content (AvgIpc) is 2.93. The van der Waals surface area contributed by atoms with Crippen LogP contribution in [0.3, 0.4) is 0 Å². The Morgan fingerprint density at radius 2 is 1.83 bits per heavy atom. The third-order valence-electron chi connectivity index (χ3n) is 3.56. The molecule has 0 radical (unpaired) electrons. The van der Waals surface area contributed by atoms with Crippen LogP contribution in [-0.2, 0) is 25.6 Å². The Morgan fingerprint density at radius 1 is 1.08 bits per heavy atom. The van der Waals surface area contributed by atoms with Gasteiger partial charge in [-0.3, -0.25) is 4.18 Å². The third kappa shape index (κ3) is 3.58. The Morgan fingerprint density at radius 3 is 2.58 bits per heavy atom. The van der Waals surface area contributed by atoms with Crippen molar-refractivity contribution in [3.05, 3.63) is 59.2 Å². The number of carbonyl (C=O) groups is 1. The highest BCUT2D eigenvalue weighted by Crippen LogP contribution is 2.24. The van der Waals surface area contributed by atoms with E-state index in [2.05, 4.69) is 0 Å². The van der Waals surface area contributed by atoms with Gasteiger partial charge in [0.05, 0.1) is 10.5 Å². The Kier molecular flexibility index (Phi) is 4.55. The molecule has 0 saturated heterocycles. The topological polar surface area (TPSA) is 78.9 Å². The monoisotopic (exact) mass is 348 g/mol. The van der Waals surface area contributed by atoms with Gasteiger partial charge in [-0.25, -0.2) is 4.79 Å². The zero-order valence-corrected chi connectivity index (χ0v) is 13.8. The number of ether oxygens (including phenoxy) is 2. The second kappa shape index (κ2) is 6.62. The van der Waals surface area contributed by atoms with Crippen LogP contribution in [0.1, 0.15) is 21.5 Å². The lowest BCUT2D eigenvalue weighted by Gasteiger charge is -2.08. The summed E-state index contributed by atoms with van der Waals surface area (Å²) >= 11 is 0. The molecule has 7 heteroatoms. The van der Waals surface area contributed by atoms with E-state index in [-0.39, 0.29) is 30.7 Å². The van der Waals surface area contributed by atoms with E-state index in [1.807, 2.05) is 6.92 Å². The first kappa shape index (κ1) is 16.5. The van der Waals surface area contributed by atoms with Gasteiger partial charge < -0.3 is 9.47 Å². The van der Waals surface area contributed by atoms with E-state index < -0.39 is 10.1 Å². The van der Waals surface area contributed by atoms with Gasteiger partial charge >= 0.3 is 5.97 Å². The van der Waals surface area contributed by atoms with E-state index in [1.54, 1.807) is 30.3 Å². The Labute approximate surface area is 140 Å². The summed E-state index contributed by atoms with van der Waals surface area (Å²) in [6.07, 6.45) is 0. The summed E-state index contributed by atoms with van der Waals surface area (Å²) in [4.78, 5) is 11.5. The molecule has 0 saturated carbocycles. The minimum absolute atomic E-state index is 0.0681. The number of benzene rings is 2. The molecule has 24 heavy (non-hydrogen) atoms. The Hall–Kier alpha value is -2.38. The summed E-state index contributed by atoms with van der Waals surface area (Å²) in [5.41, 5.74) is 2.25. The first-order valence-electron chi connectivity index (χ1n) is 7.35. The van der Waals surface area contributed by atoms with Crippen molar-refractivity contribution in [3.63, 3.8) is 0 Å². The Bertz CT molecular complexity index is 855.